The zero-order valence-electron chi connectivity index (χ0n) is 9.69. The molecule has 102 valence electrons. The van der Waals surface area contributed by atoms with Gasteiger partial charge in [0.25, 0.3) is 0 Å². The second-order valence-corrected chi connectivity index (χ2v) is 6.54. The predicted molar refractivity (Wildman–Crippen MR) is 68.6 cm³/mol. The van der Waals surface area contributed by atoms with Gasteiger partial charge < -0.3 is 4.74 Å². The van der Waals surface area contributed by atoms with Crippen molar-refractivity contribution in [3.63, 3.8) is 0 Å². The largest absolute Gasteiger partial charge is 0.376 e. The Morgan fingerprint density at radius 1 is 1.53 bits per heavy atom. The molecule has 19 heavy (non-hydrogen) atoms. The van der Waals surface area contributed by atoms with Crippen LogP contribution in [0.25, 0.3) is 0 Å². The van der Waals surface area contributed by atoms with Crippen LogP contribution in [0.4, 0.5) is 0 Å². The first-order chi connectivity index (χ1) is 9.05. The van der Waals surface area contributed by atoms with Gasteiger partial charge in [0.15, 0.2) is 6.17 Å². The molecule has 2 rings (SSSR count). The third kappa shape index (κ3) is 3.07. The normalized spacial score (nSPS) is 20.8. The number of morpholine rings is 1. The predicted octanol–water partition coefficient (Wildman–Crippen LogP) is 0.527. The van der Waals surface area contributed by atoms with Gasteiger partial charge in [-0.15, -0.1) is 0 Å². The molecule has 1 atom stereocenters. The second kappa shape index (κ2) is 5.89. The molecule has 0 aromatic carbocycles. The van der Waals surface area contributed by atoms with Crippen LogP contribution < -0.4 is 0 Å². The molecule has 1 unspecified atom stereocenters. The van der Waals surface area contributed by atoms with E-state index in [9.17, 15) is 13.2 Å². The van der Waals surface area contributed by atoms with Crippen LogP contribution in [0.3, 0.4) is 0 Å². The minimum absolute atomic E-state index is 0.0369. The van der Waals surface area contributed by atoms with Gasteiger partial charge in [0.1, 0.15) is 4.90 Å². The van der Waals surface area contributed by atoms with Gasteiger partial charge in [-0.2, -0.15) is 9.30 Å². The molecule has 1 aromatic rings. The Kier molecular flexibility index (Phi) is 4.43. The fourth-order valence-corrected chi connectivity index (χ4v) is 3.69. The molecule has 0 aliphatic carbocycles. The van der Waals surface area contributed by atoms with Crippen molar-refractivity contribution in [1.29, 1.82) is 0 Å². The van der Waals surface area contributed by atoms with E-state index in [4.69, 9.17) is 4.74 Å². The fraction of sp³-hybridized carbons (Fsp3) is 0.400. The summed E-state index contributed by atoms with van der Waals surface area (Å²) in [5.74, 6) is 0. The van der Waals surface area contributed by atoms with Crippen LogP contribution in [0, 0.1) is 0 Å². The van der Waals surface area contributed by atoms with Gasteiger partial charge in [-0.3, -0.25) is 4.98 Å². The molecule has 0 amide bonds. The van der Waals surface area contributed by atoms with Crippen LogP contribution in [0.2, 0.25) is 0 Å². The molecule has 2 heterocycles. The number of carbonyl (C=O) groups excluding carboxylic acids is 1. The lowest BCUT2D eigenvalue weighted by Crippen LogP contribution is -2.47. The van der Waals surface area contributed by atoms with Crippen molar-refractivity contribution in [1.82, 2.24) is 9.29 Å². The molecular weight excluding hydrogens is 338 g/mol. The number of hydrogen-bond donors (Lipinski definition) is 0. The van der Waals surface area contributed by atoms with Gasteiger partial charge >= 0.3 is 0 Å². The summed E-state index contributed by atoms with van der Waals surface area (Å²) in [6.45, 7) is 0.423. The Balaban J connectivity index is 2.39. The number of ether oxygens (including phenoxy) is 1. The molecule has 1 aliphatic rings. The monoisotopic (exact) mass is 347 g/mol. The lowest BCUT2D eigenvalue weighted by Gasteiger charge is -2.30. The molecule has 1 aliphatic heterocycles. The minimum atomic E-state index is -3.77. The summed E-state index contributed by atoms with van der Waals surface area (Å²) in [5, 5.41) is 0. The van der Waals surface area contributed by atoms with Gasteiger partial charge in [0.2, 0.25) is 16.1 Å². The van der Waals surface area contributed by atoms with E-state index in [1.54, 1.807) is 0 Å². The molecule has 0 bridgehead atoms. The first kappa shape index (κ1) is 14.3. The van der Waals surface area contributed by atoms with Gasteiger partial charge in [0.05, 0.1) is 13.2 Å². The average Bonchev–Trinajstić information content (AvgIpc) is 2.39. The number of aromatic nitrogens is 1. The standard InChI is InChI=1S/C10H10BrN3O4S/c11-8-3-9(5-12-4-8)19(16,17)14-1-2-18-6-10(14)13-7-15/h3-5,10H,1-2,6H2. The number of sulfonamides is 1. The number of nitrogens with zero attached hydrogens (tertiary/aromatic N) is 3. The Bertz CT molecular complexity index is 615. The maximum absolute atomic E-state index is 12.4. The highest BCUT2D eigenvalue weighted by Gasteiger charge is 2.34. The lowest BCUT2D eigenvalue weighted by molar-refractivity contribution is 0.0359. The summed E-state index contributed by atoms with van der Waals surface area (Å²) in [6.07, 6.45) is 3.22. The Morgan fingerprint density at radius 3 is 3.00 bits per heavy atom. The summed E-state index contributed by atoms with van der Waals surface area (Å²) in [6, 6.07) is 1.44. The first-order valence-electron chi connectivity index (χ1n) is 5.33. The number of rotatable bonds is 3. The molecular formula is C10H10BrN3O4S. The number of hydrogen-bond acceptors (Lipinski definition) is 6. The molecule has 1 aromatic heterocycles. The molecule has 0 saturated carbocycles. The summed E-state index contributed by atoms with van der Waals surface area (Å²) in [4.78, 5) is 17.7. The topological polar surface area (TPSA) is 88.9 Å². The van der Waals surface area contributed by atoms with E-state index in [1.165, 1.54) is 24.5 Å². The van der Waals surface area contributed by atoms with Gasteiger partial charge in [0, 0.05) is 23.4 Å². The van der Waals surface area contributed by atoms with Crippen LogP contribution in [0.1, 0.15) is 0 Å². The molecule has 0 N–H and O–H groups in total. The highest BCUT2D eigenvalue weighted by molar-refractivity contribution is 9.10. The minimum Gasteiger partial charge on any atom is -0.376 e. The Hall–Kier alpha value is -1.12. The first-order valence-corrected chi connectivity index (χ1v) is 7.56. The van der Waals surface area contributed by atoms with Crippen molar-refractivity contribution < 1.29 is 17.9 Å². The van der Waals surface area contributed by atoms with Crippen molar-refractivity contribution in [2.75, 3.05) is 19.8 Å². The van der Waals surface area contributed by atoms with Crippen LogP contribution in [0.5, 0.6) is 0 Å². The highest BCUT2D eigenvalue weighted by Crippen LogP contribution is 2.22. The molecule has 9 heteroatoms. The second-order valence-electron chi connectivity index (χ2n) is 3.73. The third-order valence-electron chi connectivity index (χ3n) is 2.54. The van der Waals surface area contributed by atoms with Crippen molar-refractivity contribution >= 4 is 32.0 Å². The van der Waals surface area contributed by atoms with E-state index >= 15 is 0 Å². The maximum Gasteiger partial charge on any atom is 0.246 e. The fourth-order valence-electron chi connectivity index (χ4n) is 1.69. The molecule has 1 fully saturated rings. The summed E-state index contributed by atoms with van der Waals surface area (Å²) in [5.41, 5.74) is 0. The number of halogens is 1. The molecule has 0 radical (unpaired) electrons. The van der Waals surface area contributed by atoms with E-state index in [2.05, 4.69) is 25.9 Å². The van der Waals surface area contributed by atoms with E-state index in [-0.39, 0.29) is 24.7 Å². The molecule has 0 spiro atoms. The van der Waals surface area contributed by atoms with E-state index < -0.39 is 16.2 Å². The summed E-state index contributed by atoms with van der Waals surface area (Å²) < 4.78 is 31.7. The van der Waals surface area contributed by atoms with Gasteiger partial charge in [-0.05, 0) is 22.0 Å². The SMILES string of the molecule is O=C=NC1COCCN1S(=O)(=O)c1cncc(Br)c1. The van der Waals surface area contributed by atoms with Crippen molar-refractivity contribution in [3.05, 3.63) is 22.9 Å². The highest BCUT2D eigenvalue weighted by atomic mass is 79.9. The number of aliphatic imine (C=N–C) groups is 1. The lowest BCUT2D eigenvalue weighted by atomic mass is 10.4. The zero-order chi connectivity index (χ0) is 13.9. The van der Waals surface area contributed by atoms with Crippen LogP contribution in [-0.2, 0) is 19.6 Å². The molecule has 1 saturated heterocycles. The average molecular weight is 348 g/mol. The Labute approximate surface area is 118 Å². The summed E-state index contributed by atoms with van der Waals surface area (Å²) in [7, 11) is -3.77. The smallest absolute Gasteiger partial charge is 0.246 e. The Morgan fingerprint density at radius 2 is 2.32 bits per heavy atom. The third-order valence-corrected chi connectivity index (χ3v) is 4.84. The van der Waals surface area contributed by atoms with E-state index in [0.29, 0.717) is 4.47 Å². The van der Waals surface area contributed by atoms with Crippen molar-refractivity contribution in [2.45, 2.75) is 11.1 Å². The van der Waals surface area contributed by atoms with E-state index in [1.807, 2.05) is 0 Å². The van der Waals surface area contributed by atoms with Crippen LogP contribution >= 0.6 is 15.9 Å². The quantitative estimate of drug-likeness (QED) is 0.587. The number of isocyanates is 1. The zero-order valence-corrected chi connectivity index (χ0v) is 12.1. The van der Waals surface area contributed by atoms with Gasteiger partial charge in [-0.25, -0.2) is 13.2 Å². The van der Waals surface area contributed by atoms with Crippen molar-refractivity contribution in [3.8, 4) is 0 Å². The van der Waals surface area contributed by atoms with Crippen LogP contribution in [-0.4, -0.2) is 49.7 Å². The number of pyridine rings is 1. The van der Waals surface area contributed by atoms with Crippen molar-refractivity contribution in [2.24, 2.45) is 4.99 Å². The van der Waals surface area contributed by atoms with Crippen LogP contribution in [0.15, 0.2) is 32.8 Å². The maximum atomic E-state index is 12.4. The molecule has 7 nitrogen and oxygen atoms in total. The van der Waals surface area contributed by atoms with E-state index in [0.717, 1.165) is 4.31 Å². The summed E-state index contributed by atoms with van der Waals surface area (Å²) >= 11 is 3.17. The van der Waals surface area contributed by atoms with Gasteiger partial charge in [-0.1, -0.05) is 0 Å².